The Hall–Kier alpha value is -0.680. The molecule has 0 aliphatic heterocycles. The molecule has 2 fully saturated rings. The first kappa shape index (κ1) is 19.6. The van der Waals surface area contributed by atoms with Crippen molar-refractivity contribution in [1.82, 2.24) is 0 Å². The van der Waals surface area contributed by atoms with Gasteiger partial charge in [-0.1, -0.05) is 26.0 Å². The molecule has 0 amide bonds. The molecule has 0 radical (unpaired) electrons. The molecule has 4 rings (SSSR count). The van der Waals surface area contributed by atoms with Crippen LogP contribution in [0.25, 0.3) is 5.57 Å². The highest BCUT2D eigenvalue weighted by Gasteiger charge is 2.56. The predicted molar refractivity (Wildman–Crippen MR) is 110 cm³/mol. The second-order valence-electron chi connectivity index (χ2n) is 9.66. The normalized spacial score (nSPS) is 44.8. The Morgan fingerprint density at radius 3 is 2.59 bits per heavy atom. The summed E-state index contributed by atoms with van der Waals surface area (Å²) >= 11 is 1.82. The van der Waals surface area contributed by atoms with Crippen molar-refractivity contribution in [3.05, 3.63) is 28.5 Å². The Kier molecular flexibility index (Phi) is 5.30. The zero-order valence-electron chi connectivity index (χ0n) is 16.6. The predicted octanol–water partition coefficient (Wildman–Crippen LogP) is 4.34. The summed E-state index contributed by atoms with van der Waals surface area (Å²) < 4.78 is 0. The summed E-state index contributed by atoms with van der Waals surface area (Å²) in [6.45, 7) is 5.10. The van der Waals surface area contributed by atoms with Gasteiger partial charge >= 0.3 is 0 Å². The molecule has 3 aliphatic rings. The molecule has 3 N–H and O–H groups in total. The third-order valence-corrected chi connectivity index (χ3v) is 9.49. The van der Waals surface area contributed by atoms with Gasteiger partial charge in [0.15, 0.2) is 0 Å². The molecule has 4 heteroatoms. The van der Waals surface area contributed by atoms with Gasteiger partial charge < -0.3 is 15.3 Å². The van der Waals surface area contributed by atoms with E-state index in [4.69, 9.17) is 0 Å². The zero-order chi connectivity index (χ0) is 19.2. The van der Waals surface area contributed by atoms with E-state index >= 15 is 0 Å². The fourth-order valence-corrected chi connectivity index (χ4v) is 7.81. The molecule has 2 saturated carbocycles. The van der Waals surface area contributed by atoms with E-state index in [1.54, 1.807) is 0 Å². The highest BCUT2D eigenvalue weighted by Crippen LogP contribution is 2.64. The first-order valence-corrected chi connectivity index (χ1v) is 11.5. The van der Waals surface area contributed by atoms with Crippen LogP contribution in [0.5, 0.6) is 0 Å². The Labute approximate surface area is 167 Å². The smallest absolute Gasteiger partial charge is 0.0544 e. The van der Waals surface area contributed by atoms with Crippen molar-refractivity contribution in [2.75, 3.05) is 13.2 Å². The lowest BCUT2D eigenvalue weighted by atomic mass is 9.49. The van der Waals surface area contributed by atoms with E-state index in [1.165, 1.54) is 10.5 Å². The number of aliphatic hydroxyl groups excluding tert-OH is 3. The Morgan fingerprint density at radius 2 is 1.93 bits per heavy atom. The van der Waals surface area contributed by atoms with Crippen LogP contribution in [0.15, 0.2) is 23.6 Å². The largest absolute Gasteiger partial charge is 0.396 e. The number of fused-ring (bicyclic) bond motifs is 1. The van der Waals surface area contributed by atoms with E-state index in [1.807, 2.05) is 11.3 Å². The number of thiophene rings is 1. The zero-order valence-corrected chi connectivity index (χ0v) is 17.4. The second-order valence-corrected chi connectivity index (χ2v) is 10.6. The number of aliphatic hydroxyl groups is 3. The molecule has 0 spiro atoms. The van der Waals surface area contributed by atoms with Gasteiger partial charge in [0.05, 0.1) is 6.10 Å². The van der Waals surface area contributed by atoms with Crippen LogP contribution in [0.2, 0.25) is 0 Å². The Balaban J connectivity index is 1.62. The van der Waals surface area contributed by atoms with Crippen molar-refractivity contribution in [3.63, 3.8) is 0 Å². The molecule has 1 aromatic rings. The summed E-state index contributed by atoms with van der Waals surface area (Å²) in [6.07, 6.45) is 7.92. The molecule has 1 heterocycles. The summed E-state index contributed by atoms with van der Waals surface area (Å²) in [5.41, 5.74) is 1.64. The van der Waals surface area contributed by atoms with E-state index < -0.39 is 0 Å². The van der Waals surface area contributed by atoms with Crippen LogP contribution in [0.3, 0.4) is 0 Å². The average molecular weight is 391 g/mol. The van der Waals surface area contributed by atoms with Gasteiger partial charge in [-0.3, -0.25) is 0 Å². The van der Waals surface area contributed by atoms with E-state index in [0.29, 0.717) is 18.3 Å². The van der Waals surface area contributed by atoms with Gasteiger partial charge in [-0.05, 0) is 90.0 Å². The SMILES string of the molecule is C[C@]1([C@H]2CC[C@]3(C)C(c4cccs4)=CC[C@H]3[C@@H]2CO)CC[C@H](O)C[C@@H]1CO. The second kappa shape index (κ2) is 7.29. The average Bonchev–Trinajstić information content (AvgIpc) is 3.29. The molecule has 1 aromatic heterocycles. The van der Waals surface area contributed by atoms with Gasteiger partial charge in [-0.2, -0.15) is 0 Å². The summed E-state index contributed by atoms with van der Waals surface area (Å²) in [4.78, 5) is 1.38. The van der Waals surface area contributed by atoms with Gasteiger partial charge in [0.2, 0.25) is 0 Å². The minimum atomic E-state index is -0.282. The van der Waals surface area contributed by atoms with Gasteiger partial charge in [-0.25, -0.2) is 0 Å². The monoisotopic (exact) mass is 390 g/mol. The van der Waals surface area contributed by atoms with Crippen molar-refractivity contribution in [2.45, 2.75) is 58.5 Å². The molecule has 27 heavy (non-hydrogen) atoms. The maximum Gasteiger partial charge on any atom is 0.0544 e. The van der Waals surface area contributed by atoms with Gasteiger partial charge in [0.1, 0.15) is 0 Å². The molecule has 7 atom stereocenters. The van der Waals surface area contributed by atoms with Crippen molar-refractivity contribution >= 4 is 16.9 Å². The van der Waals surface area contributed by atoms with Crippen LogP contribution < -0.4 is 0 Å². The lowest BCUT2D eigenvalue weighted by Crippen LogP contribution is -2.52. The molecule has 0 saturated heterocycles. The van der Waals surface area contributed by atoms with Crippen molar-refractivity contribution in [2.24, 2.45) is 34.5 Å². The number of allylic oxidation sites excluding steroid dienone is 2. The molecular weight excluding hydrogens is 356 g/mol. The van der Waals surface area contributed by atoms with Crippen LogP contribution in [0, 0.1) is 34.5 Å². The summed E-state index contributed by atoms with van der Waals surface area (Å²) in [5.74, 6) is 1.30. The first-order valence-electron chi connectivity index (χ1n) is 10.6. The maximum atomic E-state index is 10.5. The molecule has 0 bridgehead atoms. The molecule has 0 aromatic carbocycles. The molecule has 0 unspecified atom stereocenters. The third-order valence-electron chi connectivity index (χ3n) is 8.59. The van der Waals surface area contributed by atoms with Crippen LogP contribution in [-0.2, 0) is 0 Å². The minimum Gasteiger partial charge on any atom is -0.396 e. The summed E-state index contributed by atoms with van der Waals surface area (Å²) in [6, 6.07) is 4.36. The minimum absolute atomic E-state index is 0.00833. The third kappa shape index (κ3) is 3.04. The molecular formula is C23H34O3S. The highest BCUT2D eigenvalue weighted by atomic mass is 32.1. The van der Waals surface area contributed by atoms with Crippen LogP contribution >= 0.6 is 11.3 Å². The van der Waals surface area contributed by atoms with Crippen molar-refractivity contribution in [1.29, 1.82) is 0 Å². The van der Waals surface area contributed by atoms with Crippen LogP contribution in [0.1, 0.15) is 57.2 Å². The standard InChI is InChI=1S/C23H34O3S/c1-22(9-7-16(26)12-15(22)13-24)19-8-10-23(2)18(17(19)14-25)5-6-20(23)21-4-3-11-27-21/h3-4,6,11,15-19,24-26H,5,7-10,12-14H2,1-2H3/t15-,16+,17+,18+,19+,22+,23+/m1/s1. The lowest BCUT2D eigenvalue weighted by Gasteiger charge is -2.56. The quantitative estimate of drug-likeness (QED) is 0.717. The fourth-order valence-electron chi connectivity index (χ4n) is 6.91. The highest BCUT2D eigenvalue weighted by molar-refractivity contribution is 7.11. The number of hydrogen-bond donors (Lipinski definition) is 3. The van der Waals surface area contributed by atoms with Gasteiger partial charge in [0, 0.05) is 18.1 Å². The van der Waals surface area contributed by atoms with Crippen LogP contribution in [-0.4, -0.2) is 34.6 Å². The van der Waals surface area contributed by atoms with Gasteiger partial charge in [-0.15, -0.1) is 11.3 Å². The van der Waals surface area contributed by atoms with Crippen molar-refractivity contribution < 1.29 is 15.3 Å². The first-order chi connectivity index (χ1) is 12.9. The topological polar surface area (TPSA) is 60.7 Å². The van der Waals surface area contributed by atoms with E-state index in [0.717, 1.165) is 32.1 Å². The Bertz CT molecular complexity index is 684. The molecule has 3 nitrogen and oxygen atoms in total. The maximum absolute atomic E-state index is 10.5. The van der Waals surface area contributed by atoms with Crippen LogP contribution in [0.4, 0.5) is 0 Å². The van der Waals surface area contributed by atoms with E-state index in [9.17, 15) is 15.3 Å². The Morgan fingerprint density at radius 1 is 1.11 bits per heavy atom. The lowest BCUT2D eigenvalue weighted by molar-refractivity contribution is -0.103. The van der Waals surface area contributed by atoms with Crippen molar-refractivity contribution in [3.8, 4) is 0 Å². The fraction of sp³-hybridized carbons (Fsp3) is 0.739. The summed E-state index contributed by atoms with van der Waals surface area (Å²) in [5, 5.41) is 32.8. The summed E-state index contributed by atoms with van der Waals surface area (Å²) in [7, 11) is 0. The number of hydrogen-bond acceptors (Lipinski definition) is 4. The van der Waals surface area contributed by atoms with Gasteiger partial charge in [0.25, 0.3) is 0 Å². The van der Waals surface area contributed by atoms with E-state index in [-0.39, 0.29) is 42.0 Å². The van der Waals surface area contributed by atoms with E-state index in [2.05, 4.69) is 37.4 Å². The molecule has 150 valence electrons. The number of rotatable bonds is 4. The molecule has 3 aliphatic carbocycles.